The molecule has 6 heteroatoms. The summed E-state index contributed by atoms with van der Waals surface area (Å²) in [6.07, 6.45) is -5.39. The fourth-order valence-corrected chi connectivity index (χ4v) is 1.75. The van der Waals surface area contributed by atoms with Gasteiger partial charge in [0.05, 0.1) is 6.10 Å². The molecule has 0 fully saturated rings. The molecule has 92 valence electrons. The smallest absolute Gasteiger partial charge is 0.387 e. The van der Waals surface area contributed by atoms with Crippen molar-refractivity contribution < 1.29 is 18.3 Å². The van der Waals surface area contributed by atoms with E-state index >= 15 is 0 Å². The molecular weight excluding hydrogens is 233 g/mol. The fourth-order valence-electron chi connectivity index (χ4n) is 1.75. The number of nitrogens with one attached hydrogen (secondary N) is 1. The average Bonchev–Trinajstić information content (AvgIpc) is 2.71. The number of aliphatic hydroxyl groups is 1. The highest BCUT2D eigenvalue weighted by molar-refractivity contribution is 5.84. The Morgan fingerprint density at radius 1 is 1.35 bits per heavy atom. The lowest BCUT2D eigenvalue weighted by molar-refractivity contribution is -0.140. The molecule has 1 aromatic heterocycles. The highest BCUT2D eigenvalue weighted by Gasteiger charge is 2.33. The lowest BCUT2D eigenvalue weighted by Gasteiger charge is -2.08. The Morgan fingerprint density at radius 3 is 2.65 bits per heavy atom. The second-order valence-electron chi connectivity index (χ2n) is 3.74. The van der Waals surface area contributed by atoms with E-state index in [9.17, 15) is 18.3 Å². The lowest BCUT2D eigenvalue weighted by atomic mass is 10.0. The van der Waals surface area contributed by atoms with Crippen molar-refractivity contribution >= 4 is 10.9 Å². The first-order valence-electron chi connectivity index (χ1n) is 5.00. The summed E-state index contributed by atoms with van der Waals surface area (Å²) in [5.74, 6) is 0. The predicted molar refractivity (Wildman–Crippen MR) is 57.3 cm³/mol. The summed E-state index contributed by atoms with van der Waals surface area (Å²) in [5, 5.41) is 9.96. The monoisotopic (exact) mass is 244 g/mol. The number of H-pyrrole nitrogens is 1. The maximum absolute atomic E-state index is 12.5. The van der Waals surface area contributed by atoms with Crippen LogP contribution in [0, 0.1) is 0 Å². The average molecular weight is 244 g/mol. The van der Waals surface area contributed by atoms with Crippen molar-refractivity contribution in [3.63, 3.8) is 0 Å². The summed E-state index contributed by atoms with van der Waals surface area (Å²) in [5.41, 5.74) is 5.21. The third kappa shape index (κ3) is 2.13. The zero-order chi connectivity index (χ0) is 12.6. The van der Waals surface area contributed by atoms with Gasteiger partial charge < -0.3 is 15.8 Å². The summed E-state index contributed by atoms with van der Waals surface area (Å²) in [4.78, 5) is 2.28. The van der Waals surface area contributed by atoms with Crippen LogP contribution in [0.5, 0.6) is 0 Å². The zero-order valence-electron chi connectivity index (χ0n) is 8.75. The standard InChI is InChI=1S/C11H11F3N2O/c12-11(13,14)10-4-7-6(9(17)5-15)2-1-3-8(7)16-10/h1-4,9,16-17H,5,15H2. The zero-order valence-corrected chi connectivity index (χ0v) is 8.75. The molecule has 0 aliphatic carbocycles. The van der Waals surface area contributed by atoms with Crippen molar-refractivity contribution in [2.75, 3.05) is 6.54 Å². The maximum atomic E-state index is 12.5. The van der Waals surface area contributed by atoms with Crippen LogP contribution in [-0.4, -0.2) is 16.6 Å². The van der Waals surface area contributed by atoms with Gasteiger partial charge in [0, 0.05) is 17.4 Å². The van der Waals surface area contributed by atoms with E-state index < -0.39 is 18.0 Å². The van der Waals surface area contributed by atoms with Gasteiger partial charge >= 0.3 is 6.18 Å². The van der Waals surface area contributed by atoms with Crippen molar-refractivity contribution in [2.24, 2.45) is 5.73 Å². The Labute approximate surface area is 95.0 Å². The molecule has 2 aromatic rings. The number of aromatic nitrogens is 1. The van der Waals surface area contributed by atoms with E-state index in [1.807, 2.05) is 0 Å². The Bertz CT molecular complexity index is 533. The van der Waals surface area contributed by atoms with Gasteiger partial charge in [-0.3, -0.25) is 0 Å². The predicted octanol–water partition coefficient (Wildman–Crippen LogP) is 2.18. The summed E-state index contributed by atoms with van der Waals surface area (Å²) in [7, 11) is 0. The molecule has 1 unspecified atom stereocenters. The normalized spacial score (nSPS) is 14.2. The van der Waals surface area contributed by atoms with Gasteiger partial charge in [0.25, 0.3) is 0 Å². The minimum Gasteiger partial charge on any atom is -0.387 e. The summed E-state index contributed by atoms with van der Waals surface area (Å²) >= 11 is 0. The number of aliphatic hydroxyl groups excluding tert-OH is 1. The van der Waals surface area contributed by atoms with Crippen molar-refractivity contribution in [3.05, 3.63) is 35.5 Å². The molecule has 0 spiro atoms. The first kappa shape index (κ1) is 11.9. The van der Waals surface area contributed by atoms with E-state index in [1.54, 1.807) is 12.1 Å². The van der Waals surface area contributed by atoms with Gasteiger partial charge in [0.2, 0.25) is 0 Å². The maximum Gasteiger partial charge on any atom is 0.431 e. The van der Waals surface area contributed by atoms with E-state index in [4.69, 9.17) is 5.73 Å². The molecule has 0 radical (unpaired) electrons. The van der Waals surface area contributed by atoms with Crippen LogP contribution in [0.25, 0.3) is 10.9 Å². The highest BCUT2D eigenvalue weighted by atomic mass is 19.4. The number of halogens is 3. The molecule has 1 aromatic carbocycles. The van der Waals surface area contributed by atoms with E-state index in [-0.39, 0.29) is 6.54 Å². The first-order valence-corrected chi connectivity index (χ1v) is 5.00. The summed E-state index contributed by atoms with van der Waals surface area (Å²) in [6, 6.07) is 5.65. The van der Waals surface area contributed by atoms with E-state index in [0.29, 0.717) is 16.5 Å². The number of benzene rings is 1. The van der Waals surface area contributed by atoms with Crippen molar-refractivity contribution in [2.45, 2.75) is 12.3 Å². The number of fused-ring (bicyclic) bond motifs is 1. The Balaban J connectivity index is 2.61. The van der Waals surface area contributed by atoms with Crippen LogP contribution in [-0.2, 0) is 6.18 Å². The lowest BCUT2D eigenvalue weighted by Crippen LogP contribution is -2.11. The molecule has 0 saturated heterocycles. The summed E-state index contributed by atoms with van der Waals surface area (Å²) in [6.45, 7) is -0.0361. The molecule has 0 bridgehead atoms. The Morgan fingerprint density at radius 2 is 2.06 bits per heavy atom. The van der Waals surface area contributed by atoms with E-state index in [0.717, 1.165) is 6.07 Å². The molecule has 3 nitrogen and oxygen atoms in total. The van der Waals surface area contributed by atoms with Gasteiger partial charge in [0.15, 0.2) is 0 Å². The van der Waals surface area contributed by atoms with Gasteiger partial charge in [-0.05, 0) is 17.7 Å². The van der Waals surface area contributed by atoms with Crippen LogP contribution in [0.1, 0.15) is 17.4 Å². The minimum atomic E-state index is -4.43. The van der Waals surface area contributed by atoms with Crippen LogP contribution in [0.4, 0.5) is 13.2 Å². The largest absolute Gasteiger partial charge is 0.431 e. The number of hydrogen-bond acceptors (Lipinski definition) is 2. The quantitative estimate of drug-likeness (QED) is 0.758. The molecular formula is C11H11F3N2O. The van der Waals surface area contributed by atoms with Gasteiger partial charge in [-0.15, -0.1) is 0 Å². The minimum absolute atomic E-state index is 0.0361. The van der Waals surface area contributed by atoms with Crippen molar-refractivity contribution in [1.82, 2.24) is 4.98 Å². The number of rotatable bonds is 2. The topological polar surface area (TPSA) is 62.0 Å². The Hall–Kier alpha value is -1.53. The van der Waals surface area contributed by atoms with Crippen LogP contribution in [0.15, 0.2) is 24.3 Å². The molecule has 17 heavy (non-hydrogen) atoms. The van der Waals surface area contributed by atoms with Gasteiger partial charge in [-0.2, -0.15) is 13.2 Å². The van der Waals surface area contributed by atoms with Gasteiger partial charge in [0.1, 0.15) is 5.69 Å². The van der Waals surface area contributed by atoms with Crippen molar-refractivity contribution in [3.8, 4) is 0 Å². The number of hydrogen-bond donors (Lipinski definition) is 3. The van der Waals surface area contributed by atoms with Crippen LogP contribution < -0.4 is 5.73 Å². The SMILES string of the molecule is NCC(O)c1cccc2[nH]c(C(F)(F)F)cc12. The van der Waals surface area contributed by atoms with Crippen LogP contribution in [0.3, 0.4) is 0 Å². The number of nitrogens with two attached hydrogens (primary N) is 1. The second-order valence-corrected chi connectivity index (χ2v) is 3.74. The molecule has 1 atom stereocenters. The molecule has 1 heterocycles. The van der Waals surface area contributed by atoms with E-state index in [2.05, 4.69) is 4.98 Å². The van der Waals surface area contributed by atoms with Crippen LogP contribution in [0.2, 0.25) is 0 Å². The van der Waals surface area contributed by atoms with E-state index in [1.165, 1.54) is 6.07 Å². The highest BCUT2D eigenvalue weighted by Crippen LogP contribution is 2.33. The number of aromatic amines is 1. The third-order valence-corrected chi connectivity index (χ3v) is 2.59. The molecule has 4 N–H and O–H groups in total. The molecule has 0 aliphatic rings. The first-order chi connectivity index (χ1) is 7.93. The molecule has 2 rings (SSSR count). The molecule has 0 aliphatic heterocycles. The summed E-state index contributed by atoms with van der Waals surface area (Å²) < 4.78 is 37.6. The number of alkyl halides is 3. The van der Waals surface area contributed by atoms with Gasteiger partial charge in [-0.1, -0.05) is 12.1 Å². The third-order valence-electron chi connectivity index (χ3n) is 2.59. The van der Waals surface area contributed by atoms with Gasteiger partial charge in [-0.25, -0.2) is 0 Å². The van der Waals surface area contributed by atoms with Crippen molar-refractivity contribution in [1.29, 1.82) is 0 Å². The molecule has 0 saturated carbocycles. The fraction of sp³-hybridized carbons (Fsp3) is 0.273. The second kappa shape index (κ2) is 4.05. The molecule has 0 amide bonds. The van der Waals surface area contributed by atoms with Crippen LogP contribution >= 0.6 is 0 Å². The Kier molecular flexibility index (Phi) is 2.84.